The van der Waals surface area contributed by atoms with E-state index in [9.17, 15) is 14.4 Å². The number of hydrogen-bond acceptors (Lipinski definition) is 5. The van der Waals surface area contributed by atoms with Gasteiger partial charge in [-0.3, -0.25) is 9.59 Å². The molecule has 2 aromatic heterocycles. The number of aromatic amines is 1. The van der Waals surface area contributed by atoms with Gasteiger partial charge in [-0.25, -0.2) is 4.79 Å². The van der Waals surface area contributed by atoms with Crippen molar-refractivity contribution in [3.8, 4) is 0 Å². The van der Waals surface area contributed by atoms with Crippen LogP contribution in [0, 0.1) is 0 Å². The van der Waals surface area contributed by atoms with Gasteiger partial charge in [-0.05, 0) is 41.8 Å². The number of amides is 1. The molecule has 132 valence electrons. The number of ether oxygens (including phenoxy) is 1. The zero-order valence-electron chi connectivity index (χ0n) is 13.3. The highest BCUT2D eigenvalue weighted by molar-refractivity contribution is 7.12. The van der Waals surface area contributed by atoms with E-state index in [2.05, 4.69) is 10.3 Å². The number of Topliss-reactive ketones (excluding diaryl/α,β-unsaturated/α-hetero) is 1. The number of benzene rings is 1. The molecule has 0 aliphatic carbocycles. The van der Waals surface area contributed by atoms with Gasteiger partial charge in [-0.15, -0.1) is 11.3 Å². The van der Waals surface area contributed by atoms with Gasteiger partial charge in [0.15, 0.2) is 6.61 Å². The molecule has 2 heterocycles. The third-order valence-electron chi connectivity index (χ3n) is 3.43. The minimum absolute atomic E-state index is 0.110. The highest BCUT2D eigenvalue weighted by atomic mass is 35.5. The summed E-state index contributed by atoms with van der Waals surface area (Å²) in [4.78, 5) is 39.7. The minimum Gasteiger partial charge on any atom is -0.454 e. The Bertz CT molecular complexity index is 936. The molecule has 26 heavy (non-hydrogen) atoms. The quantitative estimate of drug-likeness (QED) is 0.493. The van der Waals surface area contributed by atoms with Gasteiger partial charge in [0.2, 0.25) is 5.78 Å². The molecule has 1 aromatic carbocycles. The summed E-state index contributed by atoms with van der Waals surface area (Å²) in [6.45, 7) is -0.416. The van der Waals surface area contributed by atoms with Crippen LogP contribution in [0.5, 0.6) is 0 Å². The molecule has 0 saturated heterocycles. The number of nitrogens with one attached hydrogen (secondary N) is 2. The van der Waals surface area contributed by atoms with E-state index in [0.29, 0.717) is 15.6 Å². The van der Waals surface area contributed by atoms with Crippen molar-refractivity contribution in [2.75, 3.05) is 11.9 Å². The van der Waals surface area contributed by atoms with E-state index >= 15 is 0 Å². The smallest absolute Gasteiger partial charge is 0.340 e. The maximum atomic E-state index is 12.3. The number of H-pyrrole nitrogens is 1. The second-order valence-electron chi connectivity index (χ2n) is 5.20. The maximum Gasteiger partial charge on any atom is 0.340 e. The van der Waals surface area contributed by atoms with E-state index in [0.717, 1.165) is 0 Å². The van der Waals surface area contributed by atoms with Crippen LogP contribution in [0.3, 0.4) is 0 Å². The Labute approximate surface area is 157 Å². The summed E-state index contributed by atoms with van der Waals surface area (Å²) in [6.07, 6.45) is 1.60. The summed E-state index contributed by atoms with van der Waals surface area (Å²) < 4.78 is 5.07. The van der Waals surface area contributed by atoms with Crippen LogP contribution in [0.2, 0.25) is 5.02 Å². The van der Waals surface area contributed by atoms with Crippen molar-refractivity contribution in [3.63, 3.8) is 0 Å². The predicted octanol–water partition coefficient (Wildman–Crippen LogP) is 4.02. The van der Waals surface area contributed by atoms with Crippen molar-refractivity contribution in [2.24, 2.45) is 0 Å². The summed E-state index contributed by atoms with van der Waals surface area (Å²) in [5, 5.41) is 4.77. The van der Waals surface area contributed by atoms with Crippen LogP contribution >= 0.6 is 22.9 Å². The molecule has 3 rings (SSSR count). The van der Waals surface area contributed by atoms with Gasteiger partial charge in [0.1, 0.15) is 0 Å². The largest absolute Gasteiger partial charge is 0.454 e. The number of hydrogen-bond donors (Lipinski definition) is 2. The molecule has 0 spiro atoms. The molecule has 2 N–H and O–H groups in total. The molecule has 1 amide bonds. The average molecular weight is 389 g/mol. The standard InChI is InChI=1S/C18H13ClN2O4S/c19-11-5-6-12(14(9-11)21-17(23)16-4-2-8-26-16)18(24)25-10-15(22)13-3-1-7-20-13/h1-9,20H,10H2,(H,21,23). The monoisotopic (exact) mass is 388 g/mol. The summed E-state index contributed by atoms with van der Waals surface area (Å²) in [5.74, 6) is -1.46. The van der Waals surface area contributed by atoms with Gasteiger partial charge in [0, 0.05) is 11.2 Å². The van der Waals surface area contributed by atoms with Crippen LogP contribution < -0.4 is 5.32 Å². The molecule has 0 saturated carbocycles. The zero-order valence-corrected chi connectivity index (χ0v) is 14.9. The van der Waals surface area contributed by atoms with Crippen LogP contribution in [0.4, 0.5) is 5.69 Å². The molecule has 8 heteroatoms. The van der Waals surface area contributed by atoms with Gasteiger partial charge in [0.05, 0.1) is 21.8 Å². The molecule has 0 bridgehead atoms. The molecule has 0 unspecified atom stereocenters. The molecular weight excluding hydrogens is 376 g/mol. The van der Waals surface area contributed by atoms with Crippen molar-refractivity contribution in [1.82, 2.24) is 4.98 Å². The summed E-state index contributed by atoms with van der Waals surface area (Å²) in [5.41, 5.74) is 0.673. The Morgan fingerprint density at radius 1 is 1.15 bits per heavy atom. The van der Waals surface area contributed by atoms with Crippen LogP contribution in [0.25, 0.3) is 0 Å². The Morgan fingerprint density at radius 3 is 2.69 bits per heavy atom. The highest BCUT2D eigenvalue weighted by Crippen LogP contribution is 2.23. The van der Waals surface area contributed by atoms with Crippen LogP contribution in [0.15, 0.2) is 54.0 Å². The Morgan fingerprint density at radius 2 is 2.00 bits per heavy atom. The summed E-state index contributed by atoms with van der Waals surface area (Å²) in [6, 6.07) is 11.1. The second kappa shape index (κ2) is 7.99. The van der Waals surface area contributed by atoms with E-state index in [4.69, 9.17) is 16.3 Å². The Kier molecular flexibility index (Phi) is 5.50. The molecule has 6 nitrogen and oxygen atoms in total. The molecule has 0 fully saturated rings. The van der Waals surface area contributed by atoms with Gasteiger partial charge in [0.25, 0.3) is 5.91 Å². The van der Waals surface area contributed by atoms with Crippen molar-refractivity contribution in [2.45, 2.75) is 0 Å². The Hall–Kier alpha value is -2.90. The SMILES string of the molecule is O=C(COC(=O)c1ccc(Cl)cc1NC(=O)c1cccs1)c1ccc[nH]1. The van der Waals surface area contributed by atoms with Gasteiger partial charge >= 0.3 is 5.97 Å². The number of esters is 1. The van der Waals surface area contributed by atoms with Crippen molar-refractivity contribution in [1.29, 1.82) is 0 Å². The van der Waals surface area contributed by atoms with Gasteiger partial charge < -0.3 is 15.0 Å². The Balaban J connectivity index is 1.73. The van der Waals surface area contributed by atoms with Crippen LogP contribution in [-0.2, 0) is 4.74 Å². The lowest BCUT2D eigenvalue weighted by molar-refractivity contribution is 0.0474. The average Bonchev–Trinajstić information content (AvgIpc) is 3.32. The first kappa shape index (κ1) is 17.9. The normalized spacial score (nSPS) is 10.3. The van der Waals surface area contributed by atoms with Crippen LogP contribution in [0.1, 0.15) is 30.5 Å². The second-order valence-corrected chi connectivity index (χ2v) is 6.59. The number of ketones is 1. The fourth-order valence-corrected chi connectivity index (χ4v) is 2.97. The van der Waals surface area contributed by atoms with Crippen molar-refractivity contribution in [3.05, 3.63) is 75.2 Å². The minimum atomic E-state index is -0.733. The lowest BCUT2D eigenvalue weighted by Gasteiger charge is -2.11. The molecule has 0 aliphatic heterocycles. The first-order valence-electron chi connectivity index (χ1n) is 7.52. The molecule has 0 aliphatic rings. The molecule has 0 radical (unpaired) electrons. The van der Waals surface area contributed by atoms with Gasteiger partial charge in [-0.2, -0.15) is 0 Å². The summed E-state index contributed by atoms with van der Waals surface area (Å²) in [7, 11) is 0. The number of carbonyl (C=O) groups is 3. The zero-order chi connectivity index (χ0) is 18.5. The number of anilines is 1. The topological polar surface area (TPSA) is 88.3 Å². The third kappa shape index (κ3) is 4.19. The first-order chi connectivity index (χ1) is 12.5. The lowest BCUT2D eigenvalue weighted by atomic mass is 10.1. The van der Waals surface area contributed by atoms with E-state index in [1.54, 1.807) is 35.8 Å². The number of thiophene rings is 1. The van der Waals surface area contributed by atoms with Gasteiger partial charge in [-0.1, -0.05) is 17.7 Å². The number of rotatable bonds is 6. The number of carbonyl (C=O) groups excluding carboxylic acids is 3. The lowest BCUT2D eigenvalue weighted by Crippen LogP contribution is -2.18. The van der Waals surface area contributed by atoms with E-state index < -0.39 is 12.6 Å². The number of aromatic nitrogens is 1. The predicted molar refractivity (Wildman–Crippen MR) is 99.1 cm³/mol. The van der Waals surface area contributed by atoms with E-state index in [-0.39, 0.29) is 22.9 Å². The number of halogens is 1. The molecule has 3 aromatic rings. The van der Waals surface area contributed by atoms with Crippen molar-refractivity contribution < 1.29 is 19.1 Å². The van der Waals surface area contributed by atoms with E-state index in [1.165, 1.54) is 29.5 Å². The van der Waals surface area contributed by atoms with Crippen molar-refractivity contribution >= 4 is 46.3 Å². The third-order valence-corrected chi connectivity index (χ3v) is 4.53. The fraction of sp³-hybridized carbons (Fsp3) is 0.0556. The molecular formula is C18H13ClN2O4S. The van der Waals surface area contributed by atoms with E-state index in [1.807, 2.05) is 0 Å². The summed E-state index contributed by atoms with van der Waals surface area (Å²) >= 11 is 7.24. The first-order valence-corrected chi connectivity index (χ1v) is 8.78. The fourth-order valence-electron chi connectivity index (χ4n) is 2.18. The van der Waals surface area contributed by atoms with Crippen LogP contribution in [-0.4, -0.2) is 29.3 Å². The highest BCUT2D eigenvalue weighted by Gasteiger charge is 2.18. The maximum absolute atomic E-state index is 12.3. The molecule has 0 atom stereocenters.